The van der Waals surface area contributed by atoms with Crippen molar-refractivity contribution in [1.82, 2.24) is 15.5 Å². The van der Waals surface area contributed by atoms with E-state index in [-0.39, 0.29) is 24.6 Å². The molecule has 2 amide bonds. The van der Waals surface area contributed by atoms with E-state index in [9.17, 15) is 9.59 Å². The van der Waals surface area contributed by atoms with E-state index in [4.69, 9.17) is 4.74 Å². The molecule has 7 nitrogen and oxygen atoms in total. The number of hydrogen-bond acceptors (Lipinski definition) is 5. The van der Waals surface area contributed by atoms with Gasteiger partial charge in [0.1, 0.15) is 0 Å². The largest absolute Gasteiger partial charge is 0.463 e. The van der Waals surface area contributed by atoms with E-state index >= 15 is 0 Å². The van der Waals surface area contributed by atoms with Gasteiger partial charge in [-0.3, -0.25) is 4.90 Å². The van der Waals surface area contributed by atoms with Crippen molar-refractivity contribution < 1.29 is 14.3 Å². The number of ether oxygens (including phenoxy) is 1. The zero-order valence-corrected chi connectivity index (χ0v) is 16.8. The highest BCUT2D eigenvalue weighted by Crippen LogP contribution is 2.17. The average molecular weight is 374 g/mol. The normalized spacial score (nSPS) is 14.3. The molecule has 148 valence electrons. The maximum absolute atomic E-state index is 12.2. The minimum absolute atomic E-state index is 0.184. The van der Waals surface area contributed by atoms with E-state index in [0.29, 0.717) is 31.0 Å². The highest BCUT2D eigenvalue weighted by atomic mass is 16.5. The molecule has 27 heavy (non-hydrogen) atoms. The molecular formula is C20H30N4O3. The van der Waals surface area contributed by atoms with Crippen molar-refractivity contribution in [2.45, 2.75) is 33.4 Å². The van der Waals surface area contributed by atoms with E-state index < -0.39 is 0 Å². The predicted octanol–water partition coefficient (Wildman–Crippen LogP) is 2.09. The van der Waals surface area contributed by atoms with Crippen molar-refractivity contribution in [3.8, 4) is 0 Å². The van der Waals surface area contributed by atoms with Gasteiger partial charge >= 0.3 is 12.0 Å². The highest BCUT2D eigenvalue weighted by molar-refractivity contribution is 5.93. The van der Waals surface area contributed by atoms with Crippen molar-refractivity contribution in [1.29, 1.82) is 0 Å². The summed E-state index contributed by atoms with van der Waals surface area (Å²) in [6.07, 6.45) is 0. The Labute approximate surface area is 161 Å². The highest BCUT2D eigenvalue weighted by Gasteiger charge is 2.25. The Morgan fingerprint density at radius 2 is 1.85 bits per heavy atom. The van der Waals surface area contributed by atoms with E-state index in [1.165, 1.54) is 5.56 Å². The molecule has 1 aliphatic heterocycles. The lowest BCUT2D eigenvalue weighted by Crippen LogP contribution is -2.47. The lowest BCUT2D eigenvalue weighted by Gasteiger charge is -2.30. The summed E-state index contributed by atoms with van der Waals surface area (Å²) in [6.45, 7) is 7.64. The number of benzene rings is 1. The van der Waals surface area contributed by atoms with Crippen LogP contribution < -0.4 is 15.5 Å². The molecule has 7 heteroatoms. The third-order valence-corrected chi connectivity index (χ3v) is 4.51. The minimum atomic E-state index is -0.390. The number of nitrogens with zero attached hydrogens (tertiary/aromatic N) is 2. The number of carbonyl (C=O) groups excluding carboxylic acids is 2. The minimum Gasteiger partial charge on any atom is -0.463 e. The second kappa shape index (κ2) is 9.41. The van der Waals surface area contributed by atoms with Gasteiger partial charge in [0.25, 0.3) is 0 Å². The Bertz CT molecular complexity index is 696. The van der Waals surface area contributed by atoms with Crippen LogP contribution in [0.15, 0.2) is 35.5 Å². The molecule has 0 aliphatic carbocycles. The first-order chi connectivity index (χ1) is 12.8. The third-order valence-electron chi connectivity index (χ3n) is 4.51. The van der Waals surface area contributed by atoms with Crippen molar-refractivity contribution in [2.24, 2.45) is 0 Å². The van der Waals surface area contributed by atoms with Gasteiger partial charge in [0.2, 0.25) is 0 Å². The summed E-state index contributed by atoms with van der Waals surface area (Å²) in [4.78, 5) is 28.3. The lowest BCUT2D eigenvalue weighted by molar-refractivity contribution is -0.138. The molecule has 0 radical (unpaired) electrons. The zero-order chi connectivity index (χ0) is 20.0. The van der Waals surface area contributed by atoms with Gasteiger partial charge in [-0.1, -0.05) is 12.1 Å². The Balaban J connectivity index is 2.19. The molecule has 0 spiro atoms. The average Bonchev–Trinajstić information content (AvgIpc) is 2.61. The van der Waals surface area contributed by atoms with Crippen LogP contribution in [0.1, 0.15) is 26.3 Å². The summed E-state index contributed by atoms with van der Waals surface area (Å²) in [5, 5.41) is 5.42. The molecule has 1 aromatic carbocycles. The Morgan fingerprint density at radius 1 is 1.19 bits per heavy atom. The Morgan fingerprint density at radius 3 is 2.41 bits per heavy atom. The van der Waals surface area contributed by atoms with Gasteiger partial charge in [0, 0.05) is 44.6 Å². The number of amides is 2. The van der Waals surface area contributed by atoms with Gasteiger partial charge in [-0.25, -0.2) is 9.59 Å². The fraction of sp³-hybridized carbons (Fsp3) is 0.500. The predicted molar refractivity (Wildman–Crippen MR) is 107 cm³/mol. The summed E-state index contributed by atoms with van der Waals surface area (Å²) in [6, 6.07) is 8.32. The lowest BCUT2D eigenvalue weighted by atomic mass is 10.1. The van der Waals surface area contributed by atoms with Gasteiger partial charge in [0.05, 0.1) is 18.7 Å². The van der Waals surface area contributed by atoms with Crippen molar-refractivity contribution in [2.75, 3.05) is 38.7 Å². The third kappa shape index (κ3) is 5.72. The second-order valence-corrected chi connectivity index (χ2v) is 7.04. The summed E-state index contributed by atoms with van der Waals surface area (Å²) in [5.74, 6) is -0.390. The molecule has 0 aromatic heterocycles. The van der Waals surface area contributed by atoms with Crippen molar-refractivity contribution in [3.05, 3.63) is 41.1 Å². The number of anilines is 1. The molecule has 0 saturated heterocycles. The van der Waals surface area contributed by atoms with Crippen LogP contribution in [0, 0.1) is 0 Å². The van der Waals surface area contributed by atoms with Crippen molar-refractivity contribution in [3.63, 3.8) is 0 Å². The number of hydrogen-bond donors (Lipinski definition) is 2. The maximum Gasteiger partial charge on any atom is 0.337 e. The first kappa shape index (κ1) is 20.8. The van der Waals surface area contributed by atoms with Gasteiger partial charge in [-0.2, -0.15) is 0 Å². The first-order valence-corrected chi connectivity index (χ1v) is 9.26. The zero-order valence-electron chi connectivity index (χ0n) is 16.8. The standard InChI is InChI=1S/C20H30N4O3/c1-6-27-19(25)17-11-21-20(26)22-18(17)13-24(14(2)3)12-15-7-9-16(10-8-15)23(4)5/h7-10,14H,6,11-13H2,1-5H3,(H2,21,22,26). The van der Waals surface area contributed by atoms with Crippen LogP contribution in [0.5, 0.6) is 0 Å². The summed E-state index contributed by atoms with van der Waals surface area (Å²) in [5.41, 5.74) is 3.40. The van der Waals surface area contributed by atoms with Crippen LogP contribution in [-0.2, 0) is 16.1 Å². The topological polar surface area (TPSA) is 73.9 Å². The van der Waals surface area contributed by atoms with Crippen LogP contribution in [0.3, 0.4) is 0 Å². The number of nitrogens with one attached hydrogen (secondary N) is 2. The molecule has 0 atom stereocenters. The van der Waals surface area contributed by atoms with E-state index in [1.54, 1.807) is 6.92 Å². The molecule has 1 aromatic rings. The molecule has 2 N–H and O–H groups in total. The van der Waals surface area contributed by atoms with Gasteiger partial charge in [-0.15, -0.1) is 0 Å². The smallest absolute Gasteiger partial charge is 0.337 e. The van der Waals surface area contributed by atoms with Crippen molar-refractivity contribution >= 4 is 17.7 Å². The van der Waals surface area contributed by atoms with Gasteiger partial charge < -0.3 is 20.3 Å². The Hall–Kier alpha value is -2.54. The van der Waals surface area contributed by atoms with Gasteiger partial charge in [-0.05, 0) is 38.5 Å². The quantitative estimate of drug-likeness (QED) is 0.682. The molecule has 0 unspecified atom stereocenters. The van der Waals surface area contributed by atoms with E-state index in [1.807, 2.05) is 14.1 Å². The SMILES string of the molecule is CCOC(=O)C1=C(CN(Cc2ccc(N(C)C)cc2)C(C)C)NC(=O)NC1. The number of esters is 1. The molecular weight excluding hydrogens is 344 g/mol. The van der Waals surface area contributed by atoms with E-state index in [2.05, 4.69) is 58.5 Å². The molecule has 2 rings (SSSR count). The number of rotatable bonds is 8. The summed E-state index contributed by atoms with van der Waals surface area (Å²) < 4.78 is 5.13. The molecule has 0 saturated carbocycles. The van der Waals surface area contributed by atoms with Crippen LogP contribution in [0.2, 0.25) is 0 Å². The second-order valence-electron chi connectivity index (χ2n) is 7.04. The molecule has 1 heterocycles. The number of carbonyl (C=O) groups is 2. The molecule has 1 aliphatic rings. The maximum atomic E-state index is 12.2. The van der Waals surface area contributed by atoms with Crippen LogP contribution in [-0.4, -0.2) is 56.7 Å². The fourth-order valence-corrected chi connectivity index (χ4v) is 2.84. The number of urea groups is 1. The Kier molecular flexibility index (Phi) is 7.24. The van der Waals surface area contributed by atoms with Crippen LogP contribution in [0.4, 0.5) is 10.5 Å². The molecule has 0 bridgehead atoms. The summed E-state index contributed by atoms with van der Waals surface area (Å²) >= 11 is 0. The summed E-state index contributed by atoms with van der Waals surface area (Å²) in [7, 11) is 4.03. The fourth-order valence-electron chi connectivity index (χ4n) is 2.84. The van der Waals surface area contributed by atoms with Gasteiger partial charge in [0.15, 0.2) is 0 Å². The monoisotopic (exact) mass is 374 g/mol. The van der Waals surface area contributed by atoms with Crippen LogP contribution >= 0.6 is 0 Å². The molecule has 0 fully saturated rings. The first-order valence-electron chi connectivity index (χ1n) is 9.26. The van der Waals surface area contributed by atoms with E-state index in [0.717, 1.165) is 5.69 Å². The van der Waals surface area contributed by atoms with Crippen LogP contribution in [0.25, 0.3) is 0 Å².